The maximum atomic E-state index is 12.9. The van der Waals surface area contributed by atoms with Gasteiger partial charge in [0.15, 0.2) is 0 Å². The minimum atomic E-state index is -3.81. The minimum Gasteiger partial charge on any atom is -0.326 e. The molecule has 8 heteroatoms. The first-order valence-corrected chi connectivity index (χ1v) is 12.7. The zero-order valence-corrected chi connectivity index (χ0v) is 19.1. The van der Waals surface area contributed by atoms with Crippen molar-refractivity contribution in [3.8, 4) is 0 Å². The van der Waals surface area contributed by atoms with Gasteiger partial charge in [-0.05, 0) is 67.6 Å². The largest absolute Gasteiger partial charge is 0.326 e. The van der Waals surface area contributed by atoms with E-state index in [1.165, 1.54) is 12.1 Å². The quantitative estimate of drug-likeness (QED) is 0.650. The standard InChI is InChI=1S/C24H29N3O4S/c1-2-5-23(28)25-19-10-12-21(13-11-19)32(30,31)26-20-9-8-17-14-15-27(22(17)16-20)24(29)18-6-3-4-7-18/h8-13,16,18,26H,2-7,14-15H2,1H3,(H,25,28). The highest BCUT2D eigenvalue weighted by Crippen LogP contribution is 2.35. The van der Waals surface area contributed by atoms with E-state index < -0.39 is 10.0 Å². The van der Waals surface area contributed by atoms with Gasteiger partial charge in [-0.2, -0.15) is 0 Å². The number of rotatable bonds is 7. The molecule has 2 amide bonds. The summed E-state index contributed by atoms with van der Waals surface area (Å²) in [7, 11) is -3.81. The van der Waals surface area contributed by atoms with E-state index in [0.717, 1.165) is 49.8 Å². The van der Waals surface area contributed by atoms with Crippen LogP contribution in [0.5, 0.6) is 0 Å². The van der Waals surface area contributed by atoms with E-state index >= 15 is 0 Å². The first-order chi connectivity index (χ1) is 15.4. The Morgan fingerprint density at radius 2 is 1.72 bits per heavy atom. The average molecular weight is 456 g/mol. The number of amides is 2. The molecule has 2 aromatic carbocycles. The molecule has 4 rings (SSSR count). The number of anilines is 3. The zero-order chi connectivity index (χ0) is 22.7. The van der Waals surface area contributed by atoms with E-state index in [1.54, 1.807) is 24.3 Å². The molecule has 1 aliphatic carbocycles. The Morgan fingerprint density at radius 3 is 2.41 bits per heavy atom. The summed E-state index contributed by atoms with van der Waals surface area (Å²) in [5.41, 5.74) is 2.85. The van der Waals surface area contributed by atoms with Crippen molar-refractivity contribution in [1.29, 1.82) is 0 Å². The van der Waals surface area contributed by atoms with Gasteiger partial charge in [-0.25, -0.2) is 8.42 Å². The Morgan fingerprint density at radius 1 is 1.03 bits per heavy atom. The van der Waals surface area contributed by atoms with Crippen LogP contribution in [0.25, 0.3) is 0 Å². The second-order valence-electron chi connectivity index (χ2n) is 8.49. The Hall–Kier alpha value is -2.87. The normalized spacial score (nSPS) is 16.1. The molecule has 2 N–H and O–H groups in total. The third kappa shape index (κ3) is 4.80. The molecule has 1 saturated carbocycles. The third-order valence-electron chi connectivity index (χ3n) is 6.13. The molecule has 0 bridgehead atoms. The Labute approximate surface area is 189 Å². The third-order valence-corrected chi connectivity index (χ3v) is 7.53. The van der Waals surface area contributed by atoms with Crippen LogP contribution in [-0.2, 0) is 26.0 Å². The maximum absolute atomic E-state index is 12.9. The lowest BCUT2D eigenvalue weighted by molar-refractivity contribution is -0.122. The molecule has 0 atom stereocenters. The van der Waals surface area contributed by atoms with Gasteiger partial charge in [-0.3, -0.25) is 14.3 Å². The summed E-state index contributed by atoms with van der Waals surface area (Å²) in [5, 5.41) is 2.75. The van der Waals surface area contributed by atoms with Gasteiger partial charge in [0.2, 0.25) is 11.8 Å². The highest BCUT2D eigenvalue weighted by Gasteiger charge is 2.32. The molecule has 0 saturated heterocycles. The fourth-order valence-corrected chi connectivity index (χ4v) is 5.50. The monoisotopic (exact) mass is 455 g/mol. The van der Waals surface area contributed by atoms with Crippen LogP contribution in [0.3, 0.4) is 0 Å². The molecule has 1 heterocycles. The smallest absolute Gasteiger partial charge is 0.261 e. The summed E-state index contributed by atoms with van der Waals surface area (Å²) in [6.07, 6.45) is 6.01. The van der Waals surface area contributed by atoms with Crippen LogP contribution >= 0.6 is 0 Å². The number of hydrogen-bond acceptors (Lipinski definition) is 4. The van der Waals surface area contributed by atoms with Gasteiger partial charge in [0.1, 0.15) is 0 Å². The zero-order valence-electron chi connectivity index (χ0n) is 18.3. The molecular formula is C24H29N3O4S. The number of nitrogens with zero attached hydrogens (tertiary/aromatic N) is 1. The number of benzene rings is 2. The lowest BCUT2D eigenvalue weighted by Gasteiger charge is -2.22. The van der Waals surface area contributed by atoms with Crippen LogP contribution < -0.4 is 14.9 Å². The molecule has 32 heavy (non-hydrogen) atoms. The molecule has 1 fully saturated rings. The number of sulfonamides is 1. The Bertz CT molecular complexity index is 1110. The lowest BCUT2D eigenvalue weighted by Crippen LogP contribution is -2.33. The molecule has 0 aromatic heterocycles. The highest BCUT2D eigenvalue weighted by molar-refractivity contribution is 7.92. The summed E-state index contributed by atoms with van der Waals surface area (Å²) in [5.74, 6) is 0.135. The Balaban J connectivity index is 1.48. The predicted molar refractivity (Wildman–Crippen MR) is 125 cm³/mol. The van der Waals surface area contributed by atoms with Crippen molar-refractivity contribution in [2.75, 3.05) is 21.5 Å². The summed E-state index contributed by atoms with van der Waals surface area (Å²) in [6.45, 7) is 2.57. The van der Waals surface area contributed by atoms with E-state index in [9.17, 15) is 18.0 Å². The topological polar surface area (TPSA) is 95.6 Å². The molecule has 7 nitrogen and oxygen atoms in total. The molecule has 0 unspecified atom stereocenters. The van der Waals surface area contributed by atoms with E-state index in [-0.39, 0.29) is 22.6 Å². The van der Waals surface area contributed by atoms with Crippen LogP contribution in [-0.4, -0.2) is 26.8 Å². The Kier molecular flexibility index (Phi) is 6.50. The van der Waals surface area contributed by atoms with Gasteiger partial charge in [-0.1, -0.05) is 25.8 Å². The number of nitrogens with one attached hydrogen (secondary N) is 2. The maximum Gasteiger partial charge on any atom is 0.261 e. The van der Waals surface area contributed by atoms with E-state index in [2.05, 4.69) is 10.0 Å². The van der Waals surface area contributed by atoms with E-state index in [0.29, 0.717) is 24.3 Å². The van der Waals surface area contributed by atoms with Gasteiger partial charge in [-0.15, -0.1) is 0 Å². The van der Waals surface area contributed by atoms with E-state index in [4.69, 9.17) is 0 Å². The first kappa shape index (κ1) is 22.3. The minimum absolute atomic E-state index is 0.0811. The van der Waals surface area contributed by atoms with Crippen LogP contribution in [0.4, 0.5) is 17.1 Å². The van der Waals surface area contributed by atoms with Gasteiger partial charge >= 0.3 is 0 Å². The second-order valence-corrected chi connectivity index (χ2v) is 10.2. The van der Waals surface area contributed by atoms with Gasteiger partial charge in [0, 0.05) is 30.3 Å². The molecular weight excluding hydrogens is 426 g/mol. The molecule has 170 valence electrons. The van der Waals surface area contributed by atoms with Crippen molar-refractivity contribution >= 4 is 38.9 Å². The van der Waals surface area contributed by atoms with Gasteiger partial charge < -0.3 is 10.2 Å². The van der Waals surface area contributed by atoms with Crippen molar-refractivity contribution in [3.05, 3.63) is 48.0 Å². The summed E-state index contributed by atoms with van der Waals surface area (Å²) >= 11 is 0. The second kappa shape index (κ2) is 9.32. The van der Waals surface area contributed by atoms with Crippen molar-refractivity contribution < 1.29 is 18.0 Å². The van der Waals surface area contributed by atoms with Crippen LogP contribution in [0.2, 0.25) is 0 Å². The van der Waals surface area contributed by atoms with Crippen molar-refractivity contribution in [2.45, 2.75) is 56.8 Å². The van der Waals surface area contributed by atoms with Crippen molar-refractivity contribution in [2.24, 2.45) is 5.92 Å². The number of hydrogen-bond donors (Lipinski definition) is 2. The molecule has 1 aliphatic heterocycles. The fraction of sp³-hybridized carbons (Fsp3) is 0.417. The van der Waals surface area contributed by atoms with Crippen LogP contribution in [0.1, 0.15) is 51.0 Å². The van der Waals surface area contributed by atoms with E-state index in [1.807, 2.05) is 17.9 Å². The summed E-state index contributed by atoms with van der Waals surface area (Å²) in [6, 6.07) is 11.5. The van der Waals surface area contributed by atoms with Crippen LogP contribution in [0.15, 0.2) is 47.4 Å². The summed E-state index contributed by atoms with van der Waals surface area (Å²) < 4.78 is 28.4. The molecule has 2 aromatic rings. The lowest BCUT2D eigenvalue weighted by atomic mass is 10.1. The fourth-order valence-electron chi connectivity index (χ4n) is 4.45. The van der Waals surface area contributed by atoms with Crippen LogP contribution in [0, 0.1) is 5.92 Å². The predicted octanol–water partition coefficient (Wildman–Crippen LogP) is 4.31. The average Bonchev–Trinajstić information content (AvgIpc) is 3.44. The molecule has 0 spiro atoms. The first-order valence-electron chi connectivity index (χ1n) is 11.2. The SMILES string of the molecule is CCCC(=O)Nc1ccc(S(=O)(=O)Nc2ccc3c(c2)N(C(=O)C2CCCC2)CC3)cc1. The number of fused-ring (bicyclic) bond motifs is 1. The highest BCUT2D eigenvalue weighted by atomic mass is 32.2. The molecule has 0 radical (unpaired) electrons. The number of carbonyl (C=O) groups is 2. The van der Waals surface area contributed by atoms with Crippen molar-refractivity contribution in [1.82, 2.24) is 0 Å². The van der Waals surface area contributed by atoms with Gasteiger partial charge in [0.25, 0.3) is 10.0 Å². The molecule has 2 aliphatic rings. The van der Waals surface area contributed by atoms with Crippen molar-refractivity contribution in [3.63, 3.8) is 0 Å². The number of carbonyl (C=O) groups excluding carboxylic acids is 2. The summed E-state index contributed by atoms with van der Waals surface area (Å²) in [4.78, 5) is 26.6. The van der Waals surface area contributed by atoms with Gasteiger partial charge in [0.05, 0.1) is 10.6 Å².